The van der Waals surface area contributed by atoms with Crippen LogP contribution in [0.4, 0.5) is 11.6 Å². The van der Waals surface area contributed by atoms with E-state index in [-0.39, 0.29) is 5.56 Å². The van der Waals surface area contributed by atoms with E-state index in [1.54, 1.807) is 24.8 Å². The predicted octanol–water partition coefficient (Wildman–Crippen LogP) is 1.68. The van der Waals surface area contributed by atoms with Gasteiger partial charge in [-0.2, -0.15) is 5.10 Å². The quantitative estimate of drug-likeness (QED) is 0.657. The molecule has 0 N–H and O–H groups in total. The van der Waals surface area contributed by atoms with Gasteiger partial charge in [-0.15, -0.1) is 0 Å². The first-order valence-corrected chi connectivity index (χ1v) is 10.1. The van der Waals surface area contributed by atoms with Crippen LogP contribution >= 0.6 is 0 Å². The second kappa shape index (κ2) is 7.62. The molecular weight excluding hydrogens is 366 g/mol. The van der Waals surface area contributed by atoms with Crippen LogP contribution in [0.2, 0.25) is 0 Å². The van der Waals surface area contributed by atoms with E-state index in [2.05, 4.69) is 35.9 Å². The van der Waals surface area contributed by atoms with Gasteiger partial charge in [0.2, 0.25) is 0 Å². The van der Waals surface area contributed by atoms with Gasteiger partial charge in [-0.25, -0.2) is 14.6 Å². The number of hydrogen-bond donors (Lipinski definition) is 0. The van der Waals surface area contributed by atoms with Crippen molar-refractivity contribution in [3.05, 3.63) is 70.7 Å². The Hall–Kier alpha value is -3.29. The summed E-state index contributed by atoms with van der Waals surface area (Å²) in [4.78, 5) is 29.7. The minimum absolute atomic E-state index is 0.0993. The summed E-state index contributed by atoms with van der Waals surface area (Å²) in [7, 11) is 0. The highest BCUT2D eigenvalue weighted by atomic mass is 16.1. The Balaban J connectivity index is 1.27. The molecule has 0 amide bonds. The molecule has 2 aliphatic rings. The van der Waals surface area contributed by atoms with Crippen LogP contribution in [0.15, 0.2) is 53.8 Å². The summed E-state index contributed by atoms with van der Waals surface area (Å²) in [5.74, 6) is 2.47. The average molecular weight is 389 g/mol. The van der Waals surface area contributed by atoms with Crippen LogP contribution in [0.3, 0.4) is 0 Å². The van der Waals surface area contributed by atoms with Gasteiger partial charge in [-0.3, -0.25) is 9.78 Å². The van der Waals surface area contributed by atoms with Gasteiger partial charge in [0.25, 0.3) is 5.56 Å². The molecule has 2 fully saturated rings. The molecule has 0 atom stereocenters. The second-order valence-corrected chi connectivity index (χ2v) is 7.59. The Morgan fingerprint density at radius 3 is 2.34 bits per heavy atom. The zero-order valence-corrected chi connectivity index (χ0v) is 16.2. The van der Waals surface area contributed by atoms with E-state index in [9.17, 15) is 4.79 Å². The van der Waals surface area contributed by atoms with Crippen LogP contribution in [-0.2, 0) is 6.54 Å². The molecule has 148 valence electrons. The summed E-state index contributed by atoms with van der Waals surface area (Å²) in [6, 6.07) is 9.36. The fourth-order valence-electron chi connectivity index (χ4n) is 3.68. The molecule has 0 spiro atoms. The maximum Gasteiger partial charge on any atom is 0.267 e. The molecule has 8 nitrogen and oxygen atoms in total. The van der Waals surface area contributed by atoms with E-state index in [1.807, 2.05) is 18.2 Å². The average Bonchev–Trinajstić information content (AvgIpc) is 3.62. The van der Waals surface area contributed by atoms with Gasteiger partial charge >= 0.3 is 0 Å². The normalized spacial score (nSPS) is 16.8. The lowest BCUT2D eigenvalue weighted by molar-refractivity contribution is 0.599. The first kappa shape index (κ1) is 17.8. The van der Waals surface area contributed by atoms with E-state index < -0.39 is 0 Å². The van der Waals surface area contributed by atoms with Crippen LogP contribution in [0, 0.1) is 0 Å². The summed E-state index contributed by atoms with van der Waals surface area (Å²) in [6.45, 7) is 3.85. The van der Waals surface area contributed by atoms with Gasteiger partial charge < -0.3 is 9.80 Å². The number of nitrogens with zero attached hydrogens (tertiary/aromatic N) is 7. The van der Waals surface area contributed by atoms with Crippen molar-refractivity contribution in [2.45, 2.75) is 25.3 Å². The van der Waals surface area contributed by atoms with Crippen molar-refractivity contribution in [2.24, 2.45) is 0 Å². The number of rotatable bonds is 5. The Bertz CT molecular complexity index is 1040. The van der Waals surface area contributed by atoms with Gasteiger partial charge in [0.15, 0.2) is 0 Å². The number of piperazine rings is 1. The summed E-state index contributed by atoms with van der Waals surface area (Å²) < 4.78 is 1.52. The largest absolute Gasteiger partial charge is 0.353 e. The Labute approximate surface area is 168 Å². The predicted molar refractivity (Wildman–Crippen MR) is 110 cm³/mol. The van der Waals surface area contributed by atoms with Crippen LogP contribution < -0.4 is 15.4 Å². The van der Waals surface area contributed by atoms with E-state index >= 15 is 0 Å². The number of aromatic nitrogens is 5. The summed E-state index contributed by atoms with van der Waals surface area (Å²) in [6.07, 6.45) is 7.62. The molecule has 5 rings (SSSR count). The standard InChI is InChI=1S/C21H23N7O/c29-21-4-3-19(25-28(21)14-16-5-7-22-8-6-16)26-9-11-27(12-10-26)20-13-18(17-1-2-17)23-15-24-20/h3-8,13,15,17H,1-2,9-12,14H2. The molecule has 3 aromatic rings. The van der Waals surface area contributed by atoms with Gasteiger partial charge in [-0.05, 0) is 36.6 Å². The number of anilines is 2. The summed E-state index contributed by atoms with van der Waals surface area (Å²) in [5, 5.41) is 4.60. The Morgan fingerprint density at radius 2 is 1.62 bits per heavy atom. The zero-order chi connectivity index (χ0) is 19.6. The maximum atomic E-state index is 12.2. The van der Waals surface area contributed by atoms with E-state index in [0.717, 1.165) is 43.4 Å². The molecule has 1 aliphatic heterocycles. The summed E-state index contributed by atoms with van der Waals surface area (Å²) in [5.41, 5.74) is 2.08. The molecule has 8 heteroatoms. The third-order valence-electron chi connectivity index (χ3n) is 5.53. The van der Waals surface area contributed by atoms with Gasteiger partial charge in [0.05, 0.1) is 6.54 Å². The fourth-order valence-corrected chi connectivity index (χ4v) is 3.68. The smallest absolute Gasteiger partial charge is 0.267 e. The summed E-state index contributed by atoms with van der Waals surface area (Å²) >= 11 is 0. The van der Waals surface area contributed by atoms with Crippen molar-refractivity contribution in [2.75, 3.05) is 36.0 Å². The van der Waals surface area contributed by atoms with E-state index in [0.29, 0.717) is 12.5 Å². The van der Waals surface area contributed by atoms with Crippen LogP contribution in [-0.4, -0.2) is 50.9 Å². The lowest BCUT2D eigenvalue weighted by atomic mass is 10.2. The van der Waals surface area contributed by atoms with Gasteiger partial charge in [0.1, 0.15) is 18.0 Å². The third-order valence-corrected chi connectivity index (χ3v) is 5.53. The number of hydrogen-bond acceptors (Lipinski definition) is 7. The van der Waals surface area contributed by atoms with E-state index in [1.165, 1.54) is 23.2 Å². The highest BCUT2D eigenvalue weighted by Gasteiger charge is 2.26. The molecule has 1 saturated carbocycles. The molecule has 1 aliphatic carbocycles. The van der Waals surface area contributed by atoms with Crippen molar-refractivity contribution in [1.82, 2.24) is 24.7 Å². The Morgan fingerprint density at radius 1 is 0.897 bits per heavy atom. The molecule has 0 aromatic carbocycles. The van der Waals surface area contributed by atoms with Crippen molar-refractivity contribution in [3.8, 4) is 0 Å². The first-order chi connectivity index (χ1) is 14.3. The third kappa shape index (κ3) is 3.96. The van der Waals surface area contributed by atoms with Crippen molar-refractivity contribution < 1.29 is 0 Å². The van der Waals surface area contributed by atoms with E-state index in [4.69, 9.17) is 0 Å². The number of pyridine rings is 1. The van der Waals surface area contributed by atoms with Crippen LogP contribution in [0.1, 0.15) is 30.0 Å². The van der Waals surface area contributed by atoms with Crippen molar-refractivity contribution in [3.63, 3.8) is 0 Å². The molecule has 0 radical (unpaired) electrons. The van der Waals surface area contributed by atoms with Crippen LogP contribution in [0.25, 0.3) is 0 Å². The molecule has 0 unspecified atom stereocenters. The highest BCUT2D eigenvalue weighted by Crippen LogP contribution is 2.39. The first-order valence-electron chi connectivity index (χ1n) is 10.1. The SMILES string of the molecule is O=c1ccc(N2CCN(c3cc(C4CC4)ncn3)CC2)nn1Cc1ccncc1. The van der Waals surface area contributed by atoms with Crippen LogP contribution in [0.5, 0.6) is 0 Å². The molecular formula is C21H23N7O. The fraction of sp³-hybridized carbons (Fsp3) is 0.381. The maximum absolute atomic E-state index is 12.2. The van der Waals surface area contributed by atoms with Gasteiger partial charge in [0, 0.05) is 62.3 Å². The lowest BCUT2D eigenvalue weighted by Gasteiger charge is -2.36. The monoisotopic (exact) mass is 389 g/mol. The van der Waals surface area contributed by atoms with Crippen molar-refractivity contribution >= 4 is 11.6 Å². The zero-order valence-electron chi connectivity index (χ0n) is 16.2. The topological polar surface area (TPSA) is 80.0 Å². The minimum Gasteiger partial charge on any atom is -0.353 e. The molecule has 3 aromatic heterocycles. The second-order valence-electron chi connectivity index (χ2n) is 7.59. The lowest BCUT2D eigenvalue weighted by Crippen LogP contribution is -2.47. The Kier molecular flexibility index (Phi) is 4.67. The highest BCUT2D eigenvalue weighted by molar-refractivity contribution is 5.45. The van der Waals surface area contributed by atoms with Gasteiger partial charge in [-0.1, -0.05) is 0 Å². The molecule has 29 heavy (non-hydrogen) atoms. The van der Waals surface area contributed by atoms with Crippen molar-refractivity contribution in [1.29, 1.82) is 0 Å². The molecule has 1 saturated heterocycles. The molecule has 0 bridgehead atoms. The minimum atomic E-state index is -0.0993. The molecule has 4 heterocycles.